The third kappa shape index (κ3) is 2.70. The number of rotatable bonds is 3. The second-order valence-electron chi connectivity index (χ2n) is 4.43. The maximum absolute atomic E-state index is 11.7. The van der Waals surface area contributed by atoms with Crippen LogP contribution in [0, 0.1) is 0 Å². The normalized spacial score (nSPS) is 11.0. The van der Waals surface area contributed by atoms with Crippen molar-refractivity contribution in [2.75, 3.05) is 0 Å². The molecule has 108 valence electrons. The number of hydrogen-bond donors (Lipinski definition) is 0. The molecule has 1 aromatic carbocycles. The van der Waals surface area contributed by atoms with Crippen LogP contribution in [0.25, 0.3) is 5.69 Å². The van der Waals surface area contributed by atoms with E-state index in [1.165, 1.54) is 15.6 Å². The van der Waals surface area contributed by atoms with Gasteiger partial charge in [-0.3, -0.25) is 4.57 Å². The van der Waals surface area contributed by atoms with Crippen molar-refractivity contribution in [1.82, 2.24) is 29.3 Å². The molecule has 3 aromatic rings. The lowest BCUT2D eigenvalue weighted by Crippen LogP contribution is -2.23. The van der Waals surface area contributed by atoms with Gasteiger partial charge in [-0.15, -0.1) is 5.10 Å². The van der Waals surface area contributed by atoms with E-state index in [1.807, 2.05) is 0 Å². The van der Waals surface area contributed by atoms with Gasteiger partial charge in [0.2, 0.25) is 0 Å². The molecule has 0 N–H and O–H groups in total. The summed E-state index contributed by atoms with van der Waals surface area (Å²) >= 11 is 11.8. The summed E-state index contributed by atoms with van der Waals surface area (Å²) < 4.78 is 4.26. The summed E-state index contributed by atoms with van der Waals surface area (Å²) in [6.45, 7) is 0.251. The van der Waals surface area contributed by atoms with Crippen molar-refractivity contribution >= 4 is 23.2 Å². The number of aromatic nitrogens is 6. The second-order valence-corrected chi connectivity index (χ2v) is 5.25. The predicted octanol–water partition coefficient (Wildman–Crippen LogP) is 1.52. The largest absolute Gasteiger partial charge is 0.345 e. The van der Waals surface area contributed by atoms with Crippen LogP contribution in [0.2, 0.25) is 10.0 Å². The third-order valence-electron chi connectivity index (χ3n) is 2.91. The minimum atomic E-state index is -0.209. The van der Waals surface area contributed by atoms with E-state index < -0.39 is 0 Å². The lowest BCUT2D eigenvalue weighted by atomic mass is 10.3. The Labute approximate surface area is 129 Å². The van der Waals surface area contributed by atoms with Crippen molar-refractivity contribution in [3.8, 4) is 5.69 Å². The number of halogens is 2. The molecule has 0 atom stereocenters. The molecule has 0 aliphatic rings. The minimum absolute atomic E-state index is 0.209. The smallest absolute Gasteiger partial charge is 0.285 e. The van der Waals surface area contributed by atoms with Crippen LogP contribution in [0.15, 0.2) is 35.5 Å². The van der Waals surface area contributed by atoms with Crippen LogP contribution in [0.3, 0.4) is 0 Å². The first-order chi connectivity index (χ1) is 10.0. The van der Waals surface area contributed by atoms with Crippen molar-refractivity contribution in [3.05, 3.63) is 56.9 Å². The van der Waals surface area contributed by atoms with E-state index in [0.29, 0.717) is 15.7 Å². The molecule has 3 rings (SSSR count). The molecule has 0 amide bonds. The van der Waals surface area contributed by atoms with E-state index >= 15 is 0 Å². The van der Waals surface area contributed by atoms with E-state index in [9.17, 15) is 4.79 Å². The van der Waals surface area contributed by atoms with E-state index in [1.54, 1.807) is 36.1 Å². The first-order valence-electron chi connectivity index (χ1n) is 5.99. The first kappa shape index (κ1) is 13.8. The van der Waals surface area contributed by atoms with Gasteiger partial charge in [-0.05, 0) is 18.2 Å². The van der Waals surface area contributed by atoms with Gasteiger partial charge < -0.3 is 0 Å². The van der Waals surface area contributed by atoms with Crippen LogP contribution in [-0.4, -0.2) is 29.3 Å². The van der Waals surface area contributed by atoms with Gasteiger partial charge in [0.15, 0.2) is 0 Å². The van der Waals surface area contributed by atoms with Crippen LogP contribution in [-0.2, 0) is 13.6 Å². The highest BCUT2D eigenvalue weighted by molar-refractivity contribution is 6.42. The Morgan fingerprint density at radius 3 is 2.71 bits per heavy atom. The molecular weight excluding hydrogens is 315 g/mol. The molecule has 0 saturated carbocycles. The molecule has 0 aliphatic carbocycles. The minimum Gasteiger partial charge on any atom is -0.285 e. The fourth-order valence-corrected chi connectivity index (χ4v) is 2.10. The second kappa shape index (κ2) is 5.34. The number of nitrogens with zero attached hydrogens (tertiary/aromatic N) is 6. The molecule has 0 fully saturated rings. The Bertz CT molecular complexity index is 850. The van der Waals surface area contributed by atoms with Gasteiger partial charge in [-0.25, -0.2) is 14.2 Å². The van der Waals surface area contributed by atoms with Crippen molar-refractivity contribution in [3.63, 3.8) is 0 Å². The molecule has 0 unspecified atom stereocenters. The zero-order chi connectivity index (χ0) is 15.0. The van der Waals surface area contributed by atoms with Crippen molar-refractivity contribution < 1.29 is 0 Å². The van der Waals surface area contributed by atoms with Gasteiger partial charge >= 0.3 is 5.69 Å². The summed E-state index contributed by atoms with van der Waals surface area (Å²) in [5.74, 6) is 0. The average molecular weight is 325 g/mol. The number of hydrogen-bond acceptors (Lipinski definition) is 4. The van der Waals surface area contributed by atoms with Crippen LogP contribution in [0.5, 0.6) is 0 Å². The molecule has 9 heteroatoms. The molecule has 2 aromatic heterocycles. The Morgan fingerprint density at radius 1 is 1.24 bits per heavy atom. The topological polar surface area (TPSA) is 70.5 Å². The van der Waals surface area contributed by atoms with Crippen LogP contribution in [0.4, 0.5) is 0 Å². The lowest BCUT2D eigenvalue weighted by Gasteiger charge is -2.01. The van der Waals surface area contributed by atoms with E-state index in [2.05, 4.69) is 15.4 Å². The van der Waals surface area contributed by atoms with Crippen molar-refractivity contribution in [2.45, 2.75) is 6.54 Å². The molecule has 7 nitrogen and oxygen atoms in total. The molecular formula is C12H10Cl2N6O. The monoisotopic (exact) mass is 324 g/mol. The fourth-order valence-electron chi connectivity index (χ4n) is 1.81. The van der Waals surface area contributed by atoms with Gasteiger partial charge in [0.25, 0.3) is 0 Å². The highest BCUT2D eigenvalue weighted by Gasteiger charge is 2.08. The fraction of sp³-hybridized carbons (Fsp3) is 0.167. The summed E-state index contributed by atoms with van der Waals surface area (Å²) in [6, 6.07) is 5.15. The van der Waals surface area contributed by atoms with E-state index in [4.69, 9.17) is 23.2 Å². The van der Waals surface area contributed by atoms with Gasteiger partial charge in [-0.1, -0.05) is 28.4 Å². The van der Waals surface area contributed by atoms with Crippen LogP contribution < -0.4 is 5.69 Å². The lowest BCUT2D eigenvalue weighted by molar-refractivity contribution is 0.633. The van der Waals surface area contributed by atoms with Crippen LogP contribution >= 0.6 is 23.2 Å². The molecule has 2 heterocycles. The maximum Gasteiger partial charge on any atom is 0.345 e. The molecule has 0 bridgehead atoms. The Hall–Kier alpha value is -2.12. The van der Waals surface area contributed by atoms with Crippen LogP contribution in [0.1, 0.15) is 5.69 Å². The summed E-state index contributed by atoms with van der Waals surface area (Å²) in [6.07, 6.45) is 3.16. The molecule has 0 saturated heterocycles. The average Bonchev–Trinajstić information content (AvgIpc) is 3.04. The Morgan fingerprint density at radius 2 is 2.05 bits per heavy atom. The summed E-state index contributed by atoms with van der Waals surface area (Å²) in [4.78, 5) is 11.7. The van der Waals surface area contributed by atoms with Crippen molar-refractivity contribution in [2.24, 2.45) is 7.05 Å². The summed E-state index contributed by atoms with van der Waals surface area (Å²) in [7, 11) is 1.64. The zero-order valence-corrected chi connectivity index (χ0v) is 12.5. The van der Waals surface area contributed by atoms with Gasteiger partial charge in [0.1, 0.15) is 12.0 Å². The van der Waals surface area contributed by atoms with Gasteiger partial charge in [0, 0.05) is 7.05 Å². The highest BCUT2D eigenvalue weighted by Crippen LogP contribution is 2.24. The summed E-state index contributed by atoms with van der Waals surface area (Å²) in [5.41, 5.74) is 1.14. The Kier molecular flexibility index (Phi) is 3.52. The number of benzene rings is 1. The van der Waals surface area contributed by atoms with Gasteiger partial charge in [0.05, 0.1) is 28.5 Å². The first-order valence-corrected chi connectivity index (χ1v) is 6.75. The molecule has 0 spiro atoms. The van der Waals surface area contributed by atoms with Crippen molar-refractivity contribution in [1.29, 1.82) is 0 Å². The highest BCUT2D eigenvalue weighted by atomic mass is 35.5. The molecule has 0 radical (unpaired) electrons. The van der Waals surface area contributed by atoms with Gasteiger partial charge in [-0.2, -0.15) is 5.10 Å². The SMILES string of the molecule is Cn1cnn(Cc2cn(-c3ccc(Cl)c(Cl)c3)nn2)c1=O. The Balaban J connectivity index is 1.88. The third-order valence-corrected chi connectivity index (χ3v) is 3.65. The quantitative estimate of drug-likeness (QED) is 0.732. The zero-order valence-electron chi connectivity index (χ0n) is 10.9. The standard InChI is InChI=1S/C12H10Cl2N6O/c1-18-7-15-20(12(18)21)6-8-5-19(17-16-8)9-2-3-10(13)11(14)4-9/h2-5,7H,6H2,1H3. The maximum atomic E-state index is 11.7. The van der Waals surface area contributed by atoms with E-state index in [0.717, 1.165) is 5.69 Å². The molecule has 0 aliphatic heterocycles. The van der Waals surface area contributed by atoms with E-state index in [-0.39, 0.29) is 12.2 Å². The predicted molar refractivity (Wildman–Crippen MR) is 77.9 cm³/mol. The summed E-state index contributed by atoms with van der Waals surface area (Å²) in [5, 5.41) is 12.9. The molecule has 21 heavy (non-hydrogen) atoms. The number of aryl methyl sites for hydroxylation is 1.